The highest BCUT2D eigenvalue weighted by molar-refractivity contribution is 5.36. The van der Waals surface area contributed by atoms with Crippen molar-refractivity contribution < 1.29 is 9.84 Å². The number of hydrogen-bond donors (Lipinski definition) is 1. The Labute approximate surface area is 157 Å². The van der Waals surface area contributed by atoms with Gasteiger partial charge in [-0.15, -0.1) is 0 Å². The van der Waals surface area contributed by atoms with E-state index < -0.39 is 0 Å². The molecule has 1 unspecified atom stereocenters. The predicted octanol–water partition coefficient (Wildman–Crippen LogP) is 3.07. The van der Waals surface area contributed by atoms with E-state index in [0.29, 0.717) is 6.04 Å². The third-order valence-electron chi connectivity index (χ3n) is 5.25. The van der Waals surface area contributed by atoms with Gasteiger partial charge >= 0.3 is 0 Å². The molecule has 4 heteroatoms. The quantitative estimate of drug-likeness (QED) is 0.829. The van der Waals surface area contributed by atoms with Crippen molar-refractivity contribution in [2.24, 2.45) is 0 Å². The summed E-state index contributed by atoms with van der Waals surface area (Å²) in [5.74, 6) is 0.944. The van der Waals surface area contributed by atoms with E-state index in [1.54, 1.807) is 7.11 Å². The van der Waals surface area contributed by atoms with E-state index in [1.165, 1.54) is 16.7 Å². The van der Waals surface area contributed by atoms with Crippen LogP contribution in [0.15, 0.2) is 48.5 Å². The van der Waals surface area contributed by atoms with Gasteiger partial charge in [0.25, 0.3) is 0 Å². The van der Waals surface area contributed by atoms with Crippen LogP contribution >= 0.6 is 0 Å². The lowest BCUT2D eigenvalue weighted by atomic mass is 10.1. The third-order valence-corrected chi connectivity index (χ3v) is 5.25. The molecule has 4 nitrogen and oxygen atoms in total. The first-order chi connectivity index (χ1) is 12.7. The number of piperazine rings is 1. The highest BCUT2D eigenvalue weighted by Crippen LogP contribution is 2.22. The molecule has 140 valence electrons. The Morgan fingerprint density at radius 3 is 2.54 bits per heavy atom. The van der Waals surface area contributed by atoms with Crippen LogP contribution in [0.5, 0.6) is 5.75 Å². The highest BCUT2D eigenvalue weighted by atomic mass is 16.5. The van der Waals surface area contributed by atoms with Crippen molar-refractivity contribution >= 4 is 0 Å². The minimum Gasteiger partial charge on any atom is -0.496 e. The summed E-state index contributed by atoms with van der Waals surface area (Å²) >= 11 is 0. The Morgan fingerprint density at radius 2 is 1.85 bits per heavy atom. The van der Waals surface area contributed by atoms with Gasteiger partial charge in [-0.05, 0) is 36.1 Å². The van der Waals surface area contributed by atoms with Crippen LogP contribution in [0.25, 0.3) is 0 Å². The van der Waals surface area contributed by atoms with Crippen LogP contribution in [-0.4, -0.2) is 54.3 Å². The minimum absolute atomic E-state index is 0.242. The van der Waals surface area contributed by atoms with Gasteiger partial charge in [0.1, 0.15) is 5.75 Å². The normalized spacial score (nSPS) is 18.8. The van der Waals surface area contributed by atoms with Crippen LogP contribution < -0.4 is 4.74 Å². The molecule has 3 rings (SSSR count). The van der Waals surface area contributed by atoms with Crippen LogP contribution in [0.2, 0.25) is 0 Å². The molecule has 0 saturated carbocycles. The van der Waals surface area contributed by atoms with Gasteiger partial charge in [0.2, 0.25) is 0 Å². The van der Waals surface area contributed by atoms with Crippen molar-refractivity contribution in [1.29, 1.82) is 0 Å². The van der Waals surface area contributed by atoms with Crippen LogP contribution in [-0.2, 0) is 13.1 Å². The number of aliphatic hydroxyl groups is 1. The fraction of sp³-hybridized carbons (Fsp3) is 0.455. The van der Waals surface area contributed by atoms with Gasteiger partial charge in [-0.1, -0.05) is 42.5 Å². The molecule has 1 N–H and O–H groups in total. The smallest absolute Gasteiger partial charge is 0.121 e. The molecule has 0 aliphatic carbocycles. The zero-order valence-corrected chi connectivity index (χ0v) is 15.9. The highest BCUT2D eigenvalue weighted by Gasteiger charge is 2.26. The summed E-state index contributed by atoms with van der Waals surface area (Å²) < 4.78 is 5.36. The molecule has 2 aromatic carbocycles. The van der Waals surface area contributed by atoms with Crippen molar-refractivity contribution in [3.63, 3.8) is 0 Å². The second-order valence-electron chi connectivity index (χ2n) is 7.16. The Hall–Kier alpha value is -1.88. The average Bonchev–Trinajstić information content (AvgIpc) is 2.65. The zero-order chi connectivity index (χ0) is 18.4. The lowest BCUT2D eigenvalue weighted by molar-refractivity contribution is 0.0500. The van der Waals surface area contributed by atoms with Gasteiger partial charge in [-0.2, -0.15) is 0 Å². The molecule has 1 atom stereocenters. The topological polar surface area (TPSA) is 35.9 Å². The van der Waals surface area contributed by atoms with E-state index in [0.717, 1.165) is 44.9 Å². The monoisotopic (exact) mass is 354 g/mol. The third kappa shape index (κ3) is 4.85. The van der Waals surface area contributed by atoms with E-state index in [9.17, 15) is 5.11 Å². The molecule has 26 heavy (non-hydrogen) atoms. The second-order valence-corrected chi connectivity index (χ2v) is 7.16. The summed E-state index contributed by atoms with van der Waals surface area (Å²) in [6, 6.07) is 17.4. The minimum atomic E-state index is 0.242. The lowest BCUT2D eigenvalue weighted by Gasteiger charge is -2.41. The first kappa shape index (κ1) is 18.9. The summed E-state index contributed by atoms with van der Waals surface area (Å²) in [5, 5.41) is 9.51. The molecule has 1 aliphatic rings. The van der Waals surface area contributed by atoms with E-state index in [4.69, 9.17) is 4.74 Å². The number of aryl methyl sites for hydroxylation is 1. The van der Waals surface area contributed by atoms with Crippen molar-refractivity contribution in [2.75, 3.05) is 33.4 Å². The SMILES string of the molecule is COc1ccc(CN2CCN(Cc3ccccc3)C(CCO)C2)cc1C. The van der Waals surface area contributed by atoms with Crippen molar-refractivity contribution in [2.45, 2.75) is 32.5 Å². The van der Waals surface area contributed by atoms with E-state index in [1.807, 2.05) is 0 Å². The first-order valence-electron chi connectivity index (χ1n) is 9.44. The Balaban J connectivity index is 1.62. The van der Waals surface area contributed by atoms with Gasteiger partial charge < -0.3 is 9.84 Å². The van der Waals surface area contributed by atoms with Crippen LogP contribution in [0.1, 0.15) is 23.1 Å². The van der Waals surface area contributed by atoms with Gasteiger partial charge in [-0.25, -0.2) is 0 Å². The Bertz CT molecular complexity index is 690. The van der Waals surface area contributed by atoms with Crippen molar-refractivity contribution in [3.8, 4) is 5.75 Å². The van der Waals surface area contributed by atoms with Gasteiger partial charge in [0, 0.05) is 45.4 Å². The van der Waals surface area contributed by atoms with E-state index in [-0.39, 0.29) is 6.61 Å². The molecule has 1 fully saturated rings. The molecule has 0 radical (unpaired) electrons. The molecular weight excluding hydrogens is 324 g/mol. The number of ether oxygens (including phenoxy) is 1. The molecule has 1 saturated heterocycles. The number of methoxy groups -OCH3 is 1. The van der Waals surface area contributed by atoms with Crippen molar-refractivity contribution in [3.05, 3.63) is 65.2 Å². The second kappa shape index (κ2) is 9.17. The molecule has 2 aromatic rings. The molecular formula is C22H30N2O2. The van der Waals surface area contributed by atoms with Gasteiger partial charge in [-0.3, -0.25) is 9.80 Å². The number of nitrogens with zero attached hydrogens (tertiary/aromatic N) is 2. The summed E-state index contributed by atoms with van der Waals surface area (Å²) in [6.45, 7) is 7.33. The Kier molecular flexibility index (Phi) is 6.67. The molecule has 1 heterocycles. The maximum absolute atomic E-state index is 9.51. The maximum atomic E-state index is 9.51. The molecule has 0 bridgehead atoms. The van der Waals surface area contributed by atoms with Crippen LogP contribution in [0.3, 0.4) is 0 Å². The summed E-state index contributed by atoms with van der Waals surface area (Å²) in [7, 11) is 1.72. The lowest BCUT2D eigenvalue weighted by Crippen LogP contribution is -2.52. The number of aliphatic hydroxyl groups excluding tert-OH is 1. The van der Waals surface area contributed by atoms with Gasteiger partial charge in [0.15, 0.2) is 0 Å². The fourth-order valence-corrected chi connectivity index (χ4v) is 3.85. The zero-order valence-electron chi connectivity index (χ0n) is 15.9. The van der Waals surface area contributed by atoms with Crippen molar-refractivity contribution in [1.82, 2.24) is 9.80 Å². The predicted molar refractivity (Wildman–Crippen MR) is 105 cm³/mol. The van der Waals surface area contributed by atoms with E-state index >= 15 is 0 Å². The first-order valence-corrected chi connectivity index (χ1v) is 9.44. The number of benzene rings is 2. The molecule has 0 amide bonds. The van der Waals surface area contributed by atoms with E-state index in [2.05, 4.69) is 65.3 Å². The van der Waals surface area contributed by atoms with Crippen LogP contribution in [0, 0.1) is 6.92 Å². The fourth-order valence-electron chi connectivity index (χ4n) is 3.85. The summed E-state index contributed by atoms with van der Waals surface area (Å²) in [4.78, 5) is 5.02. The number of hydrogen-bond acceptors (Lipinski definition) is 4. The maximum Gasteiger partial charge on any atom is 0.121 e. The number of rotatable bonds is 7. The summed E-state index contributed by atoms with van der Waals surface area (Å²) in [6.07, 6.45) is 0.824. The van der Waals surface area contributed by atoms with Crippen LogP contribution in [0.4, 0.5) is 0 Å². The average molecular weight is 354 g/mol. The summed E-state index contributed by atoms with van der Waals surface area (Å²) in [5.41, 5.74) is 3.84. The standard InChI is InChI=1S/C22H30N2O2/c1-18-14-20(8-9-22(18)26-2)15-23-11-12-24(21(17-23)10-13-25)16-19-6-4-3-5-7-19/h3-9,14,21,25H,10-13,15-17H2,1-2H3. The van der Waals surface area contributed by atoms with Gasteiger partial charge in [0.05, 0.1) is 7.11 Å². The molecule has 0 spiro atoms. The Morgan fingerprint density at radius 1 is 1.04 bits per heavy atom. The molecule has 1 aliphatic heterocycles. The molecule has 0 aromatic heterocycles. The largest absolute Gasteiger partial charge is 0.496 e.